The van der Waals surface area contributed by atoms with Crippen LogP contribution in [-0.4, -0.2) is 33.2 Å². The summed E-state index contributed by atoms with van der Waals surface area (Å²) < 4.78 is 6.16. The van der Waals surface area contributed by atoms with E-state index in [9.17, 15) is 10.3 Å². The van der Waals surface area contributed by atoms with Gasteiger partial charge in [0.05, 0.1) is 19.4 Å². The van der Waals surface area contributed by atoms with Crippen LogP contribution in [0.25, 0.3) is 0 Å². The zero-order valence-corrected chi connectivity index (χ0v) is 6.92. The summed E-state index contributed by atoms with van der Waals surface area (Å²) in [6.45, 7) is 0.189. The van der Waals surface area contributed by atoms with Crippen molar-refractivity contribution in [1.82, 2.24) is 9.71 Å². The SMILES string of the molecule is OCC1(c2nccn2O)C=CCO1. The van der Waals surface area contributed by atoms with Crippen molar-refractivity contribution in [2.75, 3.05) is 13.2 Å². The fourth-order valence-electron chi connectivity index (χ4n) is 1.39. The summed E-state index contributed by atoms with van der Waals surface area (Å²) in [7, 11) is 0. The monoisotopic (exact) mass is 182 g/mol. The van der Waals surface area contributed by atoms with E-state index >= 15 is 0 Å². The second kappa shape index (κ2) is 2.86. The second-order valence-corrected chi connectivity index (χ2v) is 2.86. The predicted octanol–water partition coefficient (Wildman–Crippen LogP) is -0.106. The summed E-state index contributed by atoms with van der Waals surface area (Å²) in [4.78, 5) is 3.92. The van der Waals surface area contributed by atoms with E-state index in [1.165, 1.54) is 12.4 Å². The Bertz CT molecular complexity index is 334. The largest absolute Gasteiger partial charge is 0.427 e. The molecule has 0 radical (unpaired) electrons. The summed E-state index contributed by atoms with van der Waals surface area (Å²) in [5.74, 6) is 0.295. The normalized spacial score (nSPS) is 26.8. The van der Waals surface area contributed by atoms with Crippen LogP contribution in [0, 0.1) is 0 Å². The predicted molar refractivity (Wildman–Crippen MR) is 43.3 cm³/mol. The van der Waals surface area contributed by atoms with E-state index < -0.39 is 5.60 Å². The Balaban J connectivity index is 2.42. The van der Waals surface area contributed by atoms with Gasteiger partial charge in [-0.25, -0.2) is 4.98 Å². The van der Waals surface area contributed by atoms with Crippen LogP contribution in [0.4, 0.5) is 0 Å². The number of imidazole rings is 1. The van der Waals surface area contributed by atoms with Crippen LogP contribution < -0.4 is 0 Å². The molecular weight excluding hydrogens is 172 g/mol. The van der Waals surface area contributed by atoms with E-state index in [-0.39, 0.29) is 6.61 Å². The van der Waals surface area contributed by atoms with Gasteiger partial charge in [0.1, 0.15) is 0 Å². The van der Waals surface area contributed by atoms with Crippen molar-refractivity contribution in [3.05, 3.63) is 30.4 Å². The third-order valence-corrected chi connectivity index (χ3v) is 2.06. The molecule has 0 fully saturated rings. The molecular formula is C8H10N2O3. The van der Waals surface area contributed by atoms with Gasteiger partial charge in [0, 0.05) is 6.20 Å². The van der Waals surface area contributed by atoms with Gasteiger partial charge in [-0.2, -0.15) is 4.73 Å². The molecule has 2 heterocycles. The molecule has 5 heteroatoms. The van der Waals surface area contributed by atoms with Crippen molar-refractivity contribution < 1.29 is 15.1 Å². The van der Waals surface area contributed by atoms with Crippen LogP contribution in [0.5, 0.6) is 0 Å². The number of aromatic nitrogens is 2. The van der Waals surface area contributed by atoms with Gasteiger partial charge in [-0.05, 0) is 6.08 Å². The first-order valence-electron chi connectivity index (χ1n) is 3.94. The highest BCUT2D eigenvalue weighted by Gasteiger charge is 2.37. The Kier molecular flexibility index (Phi) is 1.82. The minimum Gasteiger partial charge on any atom is -0.427 e. The Labute approximate surface area is 74.9 Å². The number of nitrogens with zero attached hydrogens (tertiary/aromatic N) is 2. The molecule has 1 aliphatic rings. The Hall–Kier alpha value is -1.33. The molecule has 0 aliphatic carbocycles. The first-order chi connectivity index (χ1) is 6.28. The third kappa shape index (κ3) is 1.13. The van der Waals surface area contributed by atoms with Crippen LogP contribution in [0.15, 0.2) is 24.5 Å². The van der Waals surface area contributed by atoms with Crippen LogP contribution in [-0.2, 0) is 10.3 Å². The quantitative estimate of drug-likeness (QED) is 0.495. The number of rotatable bonds is 2. The first kappa shape index (κ1) is 8.28. The van der Waals surface area contributed by atoms with Gasteiger partial charge >= 0.3 is 0 Å². The maximum absolute atomic E-state index is 9.34. The Morgan fingerprint density at radius 2 is 2.54 bits per heavy atom. The van der Waals surface area contributed by atoms with E-state index in [1.807, 2.05) is 0 Å². The summed E-state index contributed by atoms with van der Waals surface area (Å²) in [6, 6.07) is 0. The summed E-state index contributed by atoms with van der Waals surface area (Å²) in [5, 5.41) is 18.5. The van der Waals surface area contributed by atoms with Gasteiger partial charge in [0.15, 0.2) is 11.4 Å². The highest BCUT2D eigenvalue weighted by molar-refractivity contribution is 5.18. The number of aliphatic hydroxyl groups is 1. The van der Waals surface area contributed by atoms with Crippen LogP contribution in [0.2, 0.25) is 0 Å². The fourth-order valence-corrected chi connectivity index (χ4v) is 1.39. The van der Waals surface area contributed by atoms with Crippen molar-refractivity contribution in [3.63, 3.8) is 0 Å². The zero-order chi connectivity index (χ0) is 9.31. The second-order valence-electron chi connectivity index (χ2n) is 2.86. The average molecular weight is 182 g/mol. The molecule has 0 spiro atoms. The maximum Gasteiger partial charge on any atom is 0.183 e. The first-order valence-corrected chi connectivity index (χ1v) is 3.94. The van der Waals surface area contributed by atoms with E-state index in [4.69, 9.17) is 4.74 Å². The number of aliphatic hydroxyl groups excluding tert-OH is 1. The molecule has 0 saturated carbocycles. The molecule has 1 atom stereocenters. The fraction of sp³-hybridized carbons (Fsp3) is 0.375. The molecule has 2 rings (SSSR count). The highest BCUT2D eigenvalue weighted by Crippen LogP contribution is 2.28. The summed E-state index contributed by atoms with van der Waals surface area (Å²) in [5.41, 5.74) is -0.974. The topological polar surface area (TPSA) is 67.5 Å². The smallest absolute Gasteiger partial charge is 0.183 e. The van der Waals surface area contributed by atoms with Gasteiger partial charge in [-0.1, -0.05) is 6.08 Å². The Morgan fingerprint density at radius 1 is 1.69 bits per heavy atom. The van der Waals surface area contributed by atoms with E-state index in [0.717, 1.165) is 4.73 Å². The summed E-state index contributed by atoms with van der Waals surface area (Å²) >= 11 is 0. The molecule has 13 heavy (non-hydrogen) atoms. The molecule has 1 unspecified atom stereocenters. The van der Waals surface area contributed by atoms with Crippen molar-refractivity contribution in [2.45, 2.75) is 5.60 Å². The molecule has 0 saturated heterocycles. The zero-order valence-electron chi connectivity index (χ0n) is 6.92. The lowest BCUT2D eigenvalue weighted by Gasteiger charge is -2.22. The van der Waals surface area contributed by atoms with Crippen molar-refractivity contribution in [3.8, 4) is 0 Å². The molecule has 1 aromatic rings. The molecule has 0 amide bonds. The number of hydrogen-bond donors (Lipinski definition) is 2. The standard InChI is InChI=1S/C8H10N2O3/c11-6-8(2-1-5-13-8)7-9-3-4-10(7)12/h1-4,11-12H,5-6H2. The molecule has 1 aromatic heterocycles. The molecule has 1 aliphatic heterocycles. The maximum atomic E-state index is 9.34. The van der Waals surface area contributed by atoms with Crippen LogP contribution in [0.1, 0.15) is 5.82 Å². The summed E-state index contributed by atoms with van der Waals surface area (Å²) in [6.07, 6.45) is 6.32. The molecule has 0 bridgehead atoms. The average Bonchev–Trinajstić information content (AvgIpc) is 2.73. The van der Waals surface area contributed by atoms with Crippen molar-refractivity contribution >= 4 is 0 Å². The van der Waals surface area contributed by atoms with E-state index in [2.05, 4.69) is 4.98 Å². The minimum absolute atomic E-state index is 0.235. The lowest BCUT2D eigenvalue weighted by molar-refractivity contribution is -0.0405. The van der Waals surface area contributed by atoms with Gasteiger partial charge in [-0.15, -0.1) is 0 Å². The third-order valence-electron chi connectivity index (χ3n) is 2.06. The van der Waals surface area contributed by atoms with Gasteiger partial charge in [0.2, 0.25) is 0 Å². The molecule has 2 N–H and O–H groups in total. The molecule has 5 nitrogen and oxygen atoms in total. The minimum atomic E-state index is -0.974. The van der Waals surface area contributed by atoms with Gasteiger partial charge in [-0.3, -0.25) is 0 Å². The number of ether oxygens (including phenoxy) is 1. The van der Waals surface area contributed by atoms with E-state index in [0.29, 0.717) is 12.4 Å². The van der Waals surface area contributed by atoms with Gasteiger partial charge < -0.3 is 15.1 Å². The Morgan fingerprint density at radius 3 is 3.00 bits per heavy atom. The van der Waals surface area contributed by atoms with Crippen LogP contribution in [0.3, 0.4) is 0 Å². The van der Waals surface area contributed by atoms with Gasteiger partial charge in [0.25, 0.3) is 0 Å². The van der Waals surface area contributed by atoms with E-state index in [1.54, 1.807) is 12.2 Å². The molecule has 70 valence electrons. The lowest BCUT2D eigenvalue weighted by atomic mass is 10.1. The van der Waals surface area contributed by atoms with Crippen molar-refractivity contribution in [1.29, 1.82) is 0 Å². The van der Waals surface area contributed by atoms with Crippen molar-refractivity contribution in [2.24, 2.45) is 0 Å². The van der Waals surface area contributed by atoms with Crippen LogP contribution >= 0.6 is 0 Å². The lowest BCUT2D eigenvalue weighted by Crippen LogP contribution is -2.32. The number of hydrogen-bond acceptors (Lipinski definition) is 4. The molecule has 0 aromatic carbocycles. The highest BCUT2D eigenvalue weighted by atomic mass is 16.5.